The Morgan fingerprint density at radius 3 is 2.48 bits per heavy atom. The average molecular weight is 383 g/mol. The van der Waals surface area contributed by atoms with Crippen molar-refractivity contribution in [3.05, 3.63) is 45.5 Å². The van der Waals surface area contributed by atoms with Gasteiger partial charge < -0.3 is 9.42 Å². The fraction of sp³-hybridized carbons (Fsp3) is 0.471. The summed E-state index contributed by atoms with van der Waals surface area (Å²) in [5.41, 5.74) is 0.520. The first kappa shape index (κ1) is 18.2. The Hall–Kier alpha value is -1.63. The van der Waals surface area contributed by atoms with Crippen LogP contribution in [-0.4, -0.2) is 52.0 Å². The lowest BCUT2D eigenvalue weighted by Gasteiger charge is -2.34. The maximum absolute atomic E-state index is 12.6. The standard InChI is InChI=1S/C17H20Cl2N4O2/c1-2-3-15-20-16(25-21-15)11-22-4-6-23(7-5-22)17(24)12-8-13(18)10-14(19)9-12/h8-10H,2-7,11H2,1H3. The Bertz CT molecular complexity index is 722. The molecule has 0 N–H and O–H groups in total. The molecule has 0 aliphatic carbocycles. The number of rotatable bonds is 5. The maximum Gasteiger partial charge on any atom is 0.254 e. The molecule has 0 radical (unpaired) electrons. The zero-order valence-electron chi connectivity index (χ0n) is 14.0. The van der Waals surface area contributed by atoms with Crippen molar-refractivity contribution in [3.8, 4) is 0 Å². The molecule has 0 atom stereocenters. The number of piperazine rings is 1. The van der Waals surface area contributed by atoms with Crippen molar-refractivity contribution in [1.29, 1.82) is 0 Å². The van der Waals surface area contributed by atoms with E-state index in [0.717, 1.165) is 31.8 Å². The summed E-state index contributed by atoms with van der Waals surface area (Å²) in [5.74, 6) is 1.33. The lowest BCUT2D eigenvalue weighted by Crippen LogP contribution is -2.48. The molecule has 0 spiro atoms. The van der Waals surface area contributed by atoms with Crippen molar-refractivity contribution in [2.45, 2.75) is 26.3 Å². The van der Waals surface area contributed by atoms with Crippen LogP contribution in [0.15, 0.2) is 22.7 Å². The first-order chi connectivity index (χ1) is 12.0. The zero-order valence-corrected chi connectivity index (χ0v) is 15.6. The smallest absolute Gasteiger partial charge is 0.254 e. The zero-order chi connectivity index (χ0) is 17.8. The van der Waals surface area contributed by atoms with Crippen LogP contribution in [0.4, 0.5) is 0 Å². The Labute approximate surface area is 156 Å². The minimum atomic E-state index is -0.0490. The molecule has 0 bridgehead atoms. The minimum absolute atomic E-state index is 0.0490. The van der Waals surface area contributed by atoms with E-state index in [0.29, 0.717) is 41.1 Å². The van der Waals surface area contributed by atoms with Gasteiger partial charge in [-0.2, -0.15) is 4.98 Å². The van der Waals surface area contributed by atoms with Crippen LogP contribution in [0.2, 0.25) is 10.0 Å². The molecule has 3 rings (SSSR count). The van der Waals surface area contributed by atoms with Gasteiger partial charge in [0.15, 0.2) is 5.82 Å². The predicted molar refractivity (Wildman–Crippen MR) is 95.9 cm³/mol. The quantitative estimate of drug-likeness (QED) is 0.793. The number of amides is 1. The van der Waals surface area contributed by atoms with Gasteiger partial charge in [-0.25, -0.2) is 0 Å². The van der Waals surface area contributed by atoms with Gasteiger partial charge in [0.05, 0.1) is 6.54 Å². The molecule has 8 heteroatoms. The Balaban J connectivity index is 1.55. The van der Waals surface area contributed by atoms with E-state index >= 15 is 0 Å². The Morgan fingerprint density at radius 2 is 1.84 bits per heavy atom. The van der Waals surface area contributed by atoms with Crippen LogP contribution in [0.25, 0.3) is 0 Å². The first-order valence-corrected chi connectivity index (χ1v) is 9.10. The van der Waals surface area contributed by atoms with Gasteiger partial charge in [-0.05, 0) is 24.6 Å². The third-order valence-corrected chi connectivity index (χ3v) is 4.55. The van der Waals surface area contributed by atoms with E-state index in [1.165, 1.54) is 0 Å². The molecule has 1 amide bonds. The highest BCUT2D eigenvalue weighted by atomic mass is 35.5. The number of halogens is 2. The molecule has 1 aromatic heterocycles. The van der Waals surface area contributed by atoms with E-state index in [4.69, 9.17) is 27.7 Å². The molecule has 134 valence electrons. The maximum atomic E-state index is 12.6. The summed E-state index contributed by atoms with van der Waals surface area (Å²) in [7, 11) is 0. The summed E-state index contributed by atoms with van der Waals surface area (Å²) < 4.78 is 5.28. The molecule has 25 heavy (non-hydrogen) atoms. The molecule has 1 saturated heterocycles. The second kappa shape index (κ2) is 8.17. The molecule has 0 saturated carbocycles. The molecule has 2 heterocycles. The second-order valence-corrected chi connectivity index (χ2v) is 6.95. The second-order valence-electron chi connectivity index (χ2n) is 6.08. The number of carbonyl (C=O) groups is 1. The van der Waals surface area contributed by atoms with Gasteiger partial charge in [-0.1, -0.05) is 35.3 Å². The lowest BCUT2D eigenvalue weighted by atomic mass is 10.2. The molecule has 1 aliphatic rings. The molecular weight excluding hydrogens is 363 g/mol. The summed E-state index contributed by atoms with van der Waals surface area (Å²) in [4.78, 5) is 21.0. The van der Waals surface area contributed by atoms with Crippen molar-refractivity contribution in [3.63, 3.8) is 0 Å². The number of aromatic nitrogens is 2. The SMILES string of the molecule is CCCc1noc(CN2CCN(C(=O)c3cc(Cl)cc(Cl)c3)CC2)n1. The van der Waals surface area contributed by atoms with Gasteiger partial charge in [0, 0.05) is 48.2 Å². The van der Waals surface area contributed by atoms with Crippen LogP contribution < -0.4 is 0 Å². The third kappa shape index (κ3) is 4.71. The van der Waals surface area contributed by atoms with E-state index < -0.39 is 0 Å². The van der Waals surface area contributed by atoms with Gasteiger partial charge in [0.25, 0.3) is 5.91 Å². The van der Waals surface area contributed by atoms with Gasteiger partial charge in [-0.15, -0.1) is 0 Å². The van der Waals surface area contributed by atoms with Crippen molar-refractivity contribution in [1.82, 2.24) is 19.9 Å². The third-order valence-electron chi connectivity index (χ3n) is 4.11. The van der Waals surface area contributed by atoms with E-state index in [1.807, 2.05) is 4.90 Å². The summed E-state index contributed by atoms with van der Waals surface area (Å²) in [6.07, 6.45) is 1.82. The summed E-state index contributed by atoms with van der Waals surface area (Å²) in [5, 5.41) is 4.90. The van der Waals surface area contributed by atoms with E-state index in [2.05, 4.69) is 22.0 Å². The van der Waals surface area contributed by atoms with Crippen LogP contribution in [0.1, 0.15) is 35.4 Å². The van der Waals surface area contributed by atoms with E-state index in [1.54, 1.807) is 18.2 Å². The number of aryl methyl sites for hydroxylation is 1. The number of hydrogen-bond donors (Lipinski definition) is 0. The normalized spacial score (nSPS) is 15.6. The largest absolute Gasteiger partial charge is 0.338 e. The first-order valence-electron chi connectivity index (χ1n) is 8.34. The van der Waals surface area contributed by atoms with Gasteiger partial charge in [0.1, 0.15) is 0 Å². The Kier molecular flexibility index (Phi) is 5.93. The van der Waals surface area contributed by atoms with Crippen LogP contribution >= 0.6 is 23.2 Å². The molecule has 2 aromatic rings. The monoisotopic (exact) mass is 382 g/mol. The summed E-state index contributed by atoms with van der Waals surface area (Å²) in [6.45, 7) is 5.48. The van der Waals surface area contributed by atoms with Gasteiger partial charge >= 0.3 is 0 Å². The van der Waals surface area contributed by atoms with Crippen molar-refractivity contribution in [2.24, 2.45) is 0 Å². The van der Waals surface area contributed by atoms with Crippen LogP contribution in [0.5, 0.6) is 0 Å². The van der Waals surface area contributed by atoms with E-state index in [9.17, 15) is 4.79 Å². The number of hydrogen-bond acceptors (Lipinski definition) is 5. The molecule has 6 nitrogen and oxygen atoms in total. The molecule has 1 aromatic carbocycles. The highest BCUT2D eigenvalue weighted by molar-refractivity contribution is 6.35. The fourth-order valence-electron chi connectivity index (χ4n) is 2.84. The van der Waals surface area contributed by atoms with Crippen LogP contribution in [0.3, 0.4) is 0 Å². The van der Waals surface area contributed by atoms with Crippen molar-refractivity contribution in [2.75, 3.05) is 26.2 Å². The number of carbonyl (C=O) groups excluding carboxylic acids is 1. The van der Waals surface area contributed by atoms with Gasteiger partial charge in [0.2, 0.25) is 5.89 Å². The highest BCUT2D eigenvalue weighted by Crippen LogP contribution is 2.21. The Morgan fingerprint density at radius 1 is 1.16 bits per heavy atom. The minimum Gasteiger partial charge on any atom is -0.338 e. The molecule has 1 fully saturated rings. The topological polar surface area (TPSA) is 62.5 Å². The average Bonchev–Trinajstić information content (AvgIpc) is 3.01. The number of nitrogens with zero attached hydrogens (tertiary/aromatic N) is 4. The van der Waals surface area contributed by atoms with Gasteiger partial charge in [-0.3, -0.25) is 9.69 Å². The molecule has 0 unspecified atom stereocenters. The summed E-state index contributed by atoms with van der Waals surface area (Å²) in [6, 6.07) is 4.92. The van der Waals surface area contributed by atoms with Crippen molar-refractivity contribution < 1.29 is 9.32 Å². The molecule has 1 aliphatic heterocycles. The number of benzene rings is 1. The van der Waals surface area contributed by atoms with E-state index in [-0.39, 0.29) is 5.91 Å². The van der Waals surface area contributed by atoms with Crippen LogP contribution in [-0.2, 0) is 13.0 Å². The lowest BCUT2D eigenvalue weighted by molar-refractivity contribution is 0.0615. The highest BCUT2D eigenvalue weighted by Gasteiger charge is 2.23. The predicted octanol–water partition coefficient (Wildman–Crippen LogP) is 3.29. The van der Waals surface area contributed by atoms with Crippen LogP contribution in [0, 0.1) is 0 Å². The molecular formula is C17H20Cl2N4O2. The summed E-state index contributed by atoms with van der Waals surface area (Å²) >= 11 is 12.0. The fourth-order valence-corrected chi connectivity index (χ4v) is 3.37. The van der Waals surface area contributed by atoms with Crippen molar-refractivity contribution >= 4 is 29.1 Å².